The Bertz CT molecular complexity index is 110. The van der Waals surface area contributed by atoms with E-state index < -0.39 is 0 Å². The van der Waals surface area contributed by atoms with Crippen LogP contribution in [-0.2, 0) is 9.53 Å². The van der Waals surface area contributed by atoms with Crippen molar-refractivity contribution in [3.05, 3.63) is 0 Å². The van der Waals surface area contributed by atoms with Gasteiger partial charge in [-0.05, 0) is 18.8 Å². The zero-order chi connectivity index (χ0) is 9.40. The van der Waals surface area contributed by atoms with Gasteiger partial charge in [-0.2, -0.15) is 0 Å². The summed E-state index contributed by atoms with van der Waals surface area (Å²) in [5.41, 5.74) is 0. The highest BCUT2D eigenvalue weighted by atomic mass is 16.5. The molecular formula is C10H20O2. The molecule has 0 aliphatic rings. The third kappa shape index (κ3) is 5.30. The van der Waals surface area contributed by atoms with Crippen molar-refractivity contribution >= 4 is 6.29 Å². The lowest BCUT2D eigenvalue weighted by molar-refractivity contribution is -0.108. The highest BCUT2D eigenvalue weighted by Crippen LogP contribution is 2.10. The lowest BCUT2D eigenvalue weighted by Crippen LogP contribution is -2.19. The third-order valence-electron chi connectivity index (χ3n) is 1.94. The van der Waals surface area contributed by atoms with Gasteiger partial charge in [0.15, 0.2) is 0 Å². The van der Waals surface area contributed by atoms with Crippen LogP contribution in [-0.4, -0.2) is 19.0 Å². The van der Waals surface area contributed by atoms with Crippen LogP contribution in [0.25, 0.3) is 0 Å². The average Bonchev–Trinajstić information content (AvgIpc) is 2.04. The molecule has 0 heterocycles. The van der Waals surface area contributed by atoms with Gasteiger partial charge in [0.25, 0.3) is 0 Å². The Hall–Kier alpha value is -0.370. The third-order valence-corrected chi connectivity index (χ3v) is 1.94. The lowest BCUT2D eigenvalue weighted by Gasteiger charge is -2.19. The molecule has 1 atom stereocenters. The van der Waals surface area contributed by atoms with Gasteiger partial charge in [-0.25, -0.2) is 0 Å². The minimum atomic E-state index is 0.358. The molecule has 0 N–H and O–H groups in total. The van der Waals surface area contributed by atoms with Crippen molar-refractivity contribution in [3.63, 3.8) is 0 Å². The maximum absolute atomic E-state index is 10.00. The van der Waals surface area contributed by atoms with E-state index in [1.165, 1.54) is 0 Å². The minimum absolute atomic E-state index is 0.358. The Labute approximate surface area is 75.3 Å². The fraction of sp³-hybridized carbons (Fsp3) is 0.900. The van der Waals surface area contributed by atoms with Crippen molar-refractivity contribution in [1.82, 2.24) is 0 Å². The first-order valence-electron chi connectivity index (χ1n) is 4.77. The van der Waals surface area contributed by atoms with E-state index in [9.17, 15) is 4.79 Å². The van der Waals surface area contributed by atoms with Crippen LogP contribution >= 0.6 is 0 Å². The van der Waals surface area contributed by atoms with Crippen molar-refractivity contribution in [2.24, 2.45) is 5.92 Å². The smallest absolute Gasteiger partial charge is 0.120 e. The van der Waals surface area contributed by atoms with E-state index in [0.29, 0.717) is 18.4 Å². The molecule has 0 aliphatic carbocycles. The largest absolute Gasteiger partial charge is 0.378 e. The van der Waals surface area contributed by atoms with E-state index in [1.54, 1.807) is 0 Å². The quantitative estimate of drug-likeness (QED) is 0.435. The maximum atomic E-state index is 10.00. The molecule has 0 radical (unpaired) electrons. The van der Waals surface area contributed by atoms with Gasteiger partial charge in [-0.3, -0.25) is 0 Å². The highest BCUT2D eigenvalue weighted by molar-refractivity contribution is 5.48. The van der Waals surface area contributed by atoms with Crippen LogP contribution in [0.2, 0.25) is 0 Å². The Morgan fingerprint density at radius 3 is 2.50 bits per heavy atom. The van der Waals surface area contributed by atoms with Gasteiger partial charge >= 0.3 is 0 Å². The van der Waals surface area contributed by atoms with Crippen LogP contribution in [0.3, 0.4) is 0 Å². The summed E-state index contributed by atoms with van der Waals surface area (Å²) >= 11 is 0. The van der Waals surface area contributed by atoms with Gasteiger partial charge in [-0.1, -0.05) is 20.8 Å². The molecule has 72 valence electrons. The molecule has 0 fully saturated rings. The first kappa shape index (κ1) is 11.6. The molecule has 0 bridgehead atoms. The fourth-order valence-corrected chi connectivity index (χ4v) is 1.18. The van der Waals surface area contributed by atoms with Crippen LogP contribution in [0.4, 0.5) is 0 Å². The van der Waals surface area contributed by atoms with Crippen LogP contribution in [0.5, 0.6) is 0 Å². The SMILES string of the molecule is CCC(OCCCC=O)C(C)C. The van der Waals surface area contributed by atoms with Crippen LogP contribution in [0, 0.1) is 5.92 Å². The van der Waals surface area contributed by atoms with E-state index >= 15 is 0 Å². The molecule has 0 aromatic heterocycles. The Balaban J connectivity index is 3.38. The maximum Gasteiger partial charge on any atom is 0.120 e. The van der Waals surface area contributed by atoms with Crippen molar-refractivity contribution < 1.29 is 9.53 Å². The topological polar surface area (TPSA) is 26.3 Å². The van der Waals surface area contributed by atoms with Gasteiger partial charge in [0.05, 0.1) is 6.10 Å². The standard InChI is InChI=1S/C10H20O2/c1-4-10(9(2)3)12-8-6-5-7-11/h7,9-10H,4-6,8H2,1-3H3. The molecule has 0 aromatic rings. The van der Waals surface area contributed by atoms with Crippen molar-refractivity contribution in [2.45, 2.75) is 46.1 Å². The number of rotatable bonds is 7. The van der Waals surface area contributed by atoms with E-state index in [4.69, 9.17) is 4.74 Å². The number of unbranched alkanes of at least 4 members (excludes halogenated alkanes) is 1. The fourth-order valence-electron chi connectivity index (χ4n) is 1.18. The molecule has 12 heavy (non-hydrogen) atoms. The number of carbonyl (C=O) groups excluding carboxylic acids is 1. The van der Waals surface area contributed by atoms with E-state index in [1.807, 2.05) is 0 Å². The average molecular weight is 172 g/mol. The molecule has 2 heteroatoms. The number of ether oxygens (including phenoxy) is 1. The molecule has 0 aliphatic heterocycles. The predicted molar refractivity (Wildman–Crippen MR) is 50.2 cm³/mol. The van der Waals surface area contributed by atoms with Gasteiger partial charge < -0.3 is 9.53 Å². The molecule has 0 spiro atoms. The van der Waals surface area contributed by atoms with Crippen LogP contribution in [0.1, 0.15) is 40.0 Å². The second-order valence-electron chi connectivity index (χ2n) is 3.37. The van der Waals surface area contributed by atoms with Crippen LogP contribution < -0.4 is 0 Å². The Morgan fingerprint density at radius 2 is 2.08 bits per heavy atom. The number of aldehydes is 1. The second-order valence-corrected chi connectivity index (χ2v) is 3.37. The zero-order valence-electron chi connectivity index (χ0n) is 8.38. The molecule has 2 nitrogen and oxygen atoms in total. The zero-order valence-corrected chi connectivity index (χ0v) is 8.38. The number of hydrogen-bond donors (Lipinski definition) is 0. The van der Waals surface area contributed by atoms with Crippen molar-refractivity contribution in [1.29, 1.82) is 0 Å². The molecule has 0 amide bonds. The monoisotopic (exact) mass is 172 g/mol. The number of carbonyl (C=O) groups is 1. The van der Waals surface area contributed by atoms with E-state index in [-0.39, 0.29) is 0 Å². The number of hydrogen-bond acceptors (Lipinski definition) is 2. The summed E-state index contributed by atoms with van der Waals surface area (Å²) in [7, 11) is 0. The Kier molecular flexibility index (Phi) is 7.06. The first-order chi connectivity index (χ1) is 5.72. The molecule has 0 rings (SSSR count). The predicted octanol–water partition coefficient (Wildman–Crippen LogP) is 2.42. The lowest BCUT2D eigenvalue weighted by atomic mass is 10.1. The van der Waals surface area contributed by atoms with E-state index in [0.717, 1.165) is 25.7 Å². The molecule has 0 saturated heterocycles. The van der Waals surface area contributed by atoms with Gasteiger partial charge in [0.2, 0.25) is 0 Å². The summed E-state index contributed by atoms with van der Waals surface area (Å²) in [6.07, 6.45) is 3.83. The minimum Gasteiger partial charge on any atom is -0.378 e. The summed E-state index contributed by atoms with van der Waals surface area (Å²) in [5.74, 6) is 0.575. The van der Waals surface area contributed by atoms with Crippen molar-refractivity contribution in [3.8, 4) is 0 Å². The molecule has 0 aromatic carbocycles. The van der Waals surface area contributed by atoms with Crippen molar-refractivity contribution in [2.75, 3.05) is 6.61 Å². The molecule has 0 saturated carbocycles. The van der Waals surface area contributed by atoms with Gasteiger partial charge in [0.1, 0.15) is 6.29 Å². The second kappa shape index (κ2) is 7.29. The summed E-state index contributed by atoms with van der Waals surface area (Å²) < 4.78 is 5.60. The molecular weight excluding hydrogens is 152 g/mol. The van der Waals surface area contributed by atoms with Gasteiger partial charge in [-0.15, -0.1) is 0 Å². The van der Waals surface area contributed by atoms with E-state index in [2.05, 4.69) is 20.8 Å². The first-order valence-corrected chi connectivity index (χ1v) is 4.77. The Morgan fingerprint density at radius 1 is 1.42 bits per heavy atom. The summed E-state index contributed by atoms with van der Waals surface area (Å²) in [6, 6.07) is 0. The van der Waals surface area contributed by atoms with Gasteiger partial charge in [0, 0.05) is 13.0 Å². The highest BCUT2D eigenvalue weighted by Gasteiger charge is 2.10. The molecule has 1 unspecified atom stereocenters. The summed E-state index contributed by atoms with van der Waals surface area (Å²) in [4.78, 5) is 10.00. The summed E-state index contributed by atoms with van der Waals surface area (Å²) in [5, 5.41) is 0. The normalized spacial score (nSPS) is 13.3. The summed E-state index contributed by atoms with van der Waals surface area (Å²) in [6.45, 7) is 7.17. The van der Waals surface area contributed by atoms with Crippen LogP contribution in [0.15, 0.2) is 0 Å².